The molecule has 3 heterocycles. The van der Waals surface area contributed by atoms with Crippen molar-refractivity contribution in [3.05, 3.63) is 71.9 Å². The van der Waals surface area contributed by atoms with Crippen LogP contribution in [0.15, 0.2) is 64.7 Å². The Balaban J connectivity index is 1.31. The lowest BCUT2D eigenvalue weighted by Gasteiger charge is -2.17. The van der Waals surface area contributed by atoms with E-state index >= 15 is 0 Å². The minimum absolute atomic E-state index is 0.620. The van der Waals surface area contributed by atoms with Crippen LogP contribution < -0.4 is 4.74 Å². The van der Waals surface area contributed by atoms with Crippen molar-refractivity contribution in [1.82, 2.24) is 19.9 Å². The summed E-state index contributed by atoms with van der Waals surface area (Å²) in [5.41, 5.74) is 5.29. The molecule has 1 N–H and O–H groups in total. The van der Waals surface area contributed by atoms with Gasteiger partial charge >= 0.3 is 0 Å². The van der Waals surface area contributed by atoms with Gasteiger partial charge in [-0.25, -0.2) is 4.98 Å². The average molecular weight is 409 g/mol. The number of pyridine rings is 1. The highest BCUT2D eigenvalue weighted by molar-refractivity contribution is 7.98. The first-order valence-corrected chi connectivity index (χ1v) is 10.5. The molecular weight excluding hydrogens is 384 g/mol. The SMILES string of the molecule is Cc1c(OCCN(C)Cc2ccoc2)ccnc1CSc1nc2ccccc2[nH]1. The zero-order valence-corrected chi connectivity index (χ0v) is 17.4. The van der Waals surface area contributed by atoms with Gasteiger partial charge in [0.1, 0.15) is 12.4 Å². The summed E-state index contributed by atoms with van der Waals surface area (Å²) in [6, 6.07) is 12.0. The van der Waals surface area contributed by atoms with Crippen LogP contribution in [0.1, 0.15) is 16.8 Å². The Morgan fingerprint density at radius 3 is 2.93 bits per heavy atom. The molecule has 6 nitrogen and oxygen atoms in total. The second-order valence-corrected chi connectivity index (χ2v) is 7.91. The van der Waals surface area contributed by atoms with Crippen molar-refractivity contribution >= 4 is 22.8 Å². The molecule has 29 heavy (non-hydrogen) atoms. The maximum Gasteiger partial charge on any atom is 0.166 e. The fourth-order valence-electron chi connectivity index (χ4n) is 3.08. The Hall–Kier alpha value is -2.77. The molecule has 0 aliphatic heterocycles. The number of hydrogen-bond donors (Lipinski definition) is 1. The number of furan rings is 1. The number of thioether (sulfide) groups is 1. The predicted octanol–water partition coefficient (Wildman–Crippen LogP) is 4.66. The summed E-state index contributed by atoms with van der Waals surface area (Å²) in [4.78, 5) is 14.7. The van der Waals surface area contributed by atoms with E-state index in [4.69, 9.17) is 9.15 Å². The van der Waals surface area contributed by atoms with Crippen LogP contribution in [0, 0.1) is 6.92 Å². The number of fused-ring (bicyclic) bond motifs is 1. The smallest absolute Gasteiger partial charge is 0.166 e. The zero-order chi connectivity index (χ0) is 20.1. The van der Waals surface area contributed by atoms with Crippen molar-refractivity contribution in [2.24, 2.45) is 0 Å². The Kier molecular flexibility index (Phi) is 6.17. The Labute approximate surface area is 174 Å². The lowest BCUT2D eigenvalue weighted by Crippen LogP contribution is -2.23. The molecule has 0 atom stereocenters. The number of imidazole rings is 1. The summed E-state index contributed by atoms with van der Waals surface area (Å²) in [6.07, 6.45) is 5.28. The lowest BCUT2D eigenvalue weighted by molar-refractivity contribution is 0.231. The number of H-pyrrole nitrogens is 1. The second-order valence-electron chi connectivity index (χ2n) is 6.95. The van der Waals surface area contributed by atoms with Crippen LogP contribution in [0.3, 0.4) is 0 Å². The van der Waals surface area contributed by atoms with Gasteiger partial charge in [-0.1, -0.05) is 23.9 Å². The molecule has 0 aliphatic rings. The molecule has 3 aromatic heterocycles. The molecule has 0 saturated heterocycles. The summed E-state index contributed by atoms with van der Waals surface area (Å²) in [5.74, 6) is 1.63. The highest BCUT2D eigenvalue weighted by Gasteiger charge is 2.10. The summed E-state index contributed by atoms with van der Waals surface area (Å²) in [7, 11) is 2.07. The Morgan fingerprint density at radius 2 is 2.10 bits per heavy atom. The maximum absolute atomic E-state index is 6.03. The van der Waals surface area contributed by atoms with Gasteiger partial charge in [-0.15, -0.1) is 0 Å². The molecular formula is C22H24N4O2S. The average Bonchev–Trinajstić information content (AvgIpc) is 3.37. The third kappa shape index (κ3) is 4.99. The monoisotopic (exact) mass is 408 g/mol. The molecule has 4 rings (SSSR count). The molecule has 1 aromatic carbocycles. The van der Waals surface area contributed by atoms with Crippen LogP contribution in [0.2, 0.25) is 0 Å². The predicted molar refractivity (Wildman–Crippen MR) is 115 cm³/mol. The third-order valence-corrected chi connectivity index (χ3v) is 5.62. The Bertz CT molecular complexity index is 1030. The summed E-state index contributed by atoms with van der Waals surface area (Å²) < 4.78 is 11.1. The lowest BCUT2D eigenvalue weighted by atomic mass is 10.2. The minimum atomic E-state index is 0.620. The van der Waals surface area contributed by atoms with E-state index in [0.717, 1.165) is 57.6 Å². The third-order valence-electron chi connectivity index (χ3n) is 4.74. The van der Waals surface area contributed by atoms with Gasteiger partial charge in [0.15, 0.2) is 5.16 Å². The first-order chi connectivity index (χ1) is 14.2. The van der Waals surface area contributed by atoms with Gasteiger partial charge in [0.2, 0.25) is 0 Å². The van der Waals surface area contributed by atoms with Crippen LogP contribution in [-0.2, 0) is 12.3 Å². The van der Waals surface area contributed by atoms with Crippen molar-refractivity contribution in [3.63, 3.8) is 0 Å². The van der Waals surface area contributed by atoms with E-state index in [1.807, 2.05) is 42.6 Å². The standard InChI is InChI=1S/C22H24N4O2S/c1-16-20(15-29-22-24-18-5-3-4-6-19(18)25-22)23-9-7-21(16)28-12-10-26(2)13-17-8-11-27-14-17/h3-9,11,14H,10,12-13,15H2,1-2H3,(H,24,25). The van der Waals surface area contributed by atoms with E-state index < -0.39 is 0 Å². The van der Waals surface area contributed by atoms with Gasteiger partial charge in [0, 0.05) is 36.2 Å². The number of aromatic amines is 1. The fourth-order valence-corrected chi connectivity index (χ4v) is 3.99. The number of aromatic nitrogens is 3. The number of para-hydroxylation sites is 2. The van der Waals surface area contributed by atoms with Crippen molar-refractivity contribution in [3.8, 4) is 5.75 Å². The van der Waals surface area contributed by atoms with Crippen LogP contribution in [-0.4, -0.2) is 40.1 Å². The molecule has 0 amide bonds. The van der Waals surface area contributed by atoms with E-state index in [9.17, 15) is 0 Å². The molecule has 0 saturated carbocycles. The molecule has 0 aliphatic carbocycles. The number of nitrogens with one attached hydrogen (secondary N) is 1. The van der Waals surface area contributed by atoms with E-state index in [2.05, 4.69) is 33.8 Å². The summed E-state index contributed by atoms with van der Waals surface area (Å²) >= 11 is 1.65. The van der Waals surface area contributed by atoms with E-state index in [-0.39, 0.29) is 0 Å². The number of benzene rings is 1. The van der Waals surface area contributed by atoms with Crippen molar-refractivity contribution in [1.29, 1.82) is 0 Å². The van der Waals surface area contributed by atoms with Crippen LogP contribution in [0.4, 0.5) is 0 Å². The molecule has 7 heteroatoms. The van der Waals surface area contributed by atoms with Gasteiger partial charge in [0.25, 0.3) is 0 Å². The van der Waals surface area contributed by atoms with Gasteiger partial charge in [-0.3, -0.25) is 9.88 Å². The van der Waals surface area contributed by atoms with Gasteiger partial charge in [0.05, 0.1) is 29.3 Å². The number of likely N-dealkylation sites (N-methyl/N-ethyl adjacent to an activating group) is 1. The van der Waals surface area contributed by atoms with Crippen LogP contribution >= 0.6 is 11.8 Å². The molecule has 0 bridgehead atoms. The first kappa shape index (κ1) is 19.5. The van der Waals surface area contributed by atoms with Crippen LogP contribution in [0.5, 0.6) is 5.75 Å². The van der Waals surface area contributed by atoms with Crippen molar-refractivity contribution in [2.45, 2.75) is 24.4 Å². The molecule has 0 fully saturated rings. The van der Waals surface area contributed by atoms with E-state index in [0.29, 0.717) is 6.61 Å². The highest BCUT2D eigenvalue weighted by Crippen LogP contribution is 2.27. The number of ether oxygens (including phenoxy) is 1. The molecule has 0 radical (unpaired) electrons. The quantitative estimate of drug-likeness (QED) is 0.406. The largest absolute Gasteiger partial charge is 0.492 e. The molecule has 4 aromatic rings. The van der Waals surface area contributed by atoms with E-state index in [1.165, 1.54) is 0 Å². The number of nitrogens with zero attached hydrogens (tertiary/aromatic N) is 3. The van der Waals surface area contributed by atoms with Crippen molar-refractivity contribution < 1.29 is 9.15 Å². The molecule has 150 valence electrons. The normalized spacial score (nSPS) is 11.4. The van der Waals surface area contributed by atoms with Crippen LogP contribution in [0.25, 0.3) is 11.0 Å². The summed E-state index contributed by atoms with van der Waals surface area (Å²) in [5, 5.41) is 0.902. The van der Waals surface area contributed by atoms with Gasteiger partial charge in [-0.05, 0) is 38.2 Å². The topological polar surface area (TPSA) is 67.2 Å². The highest BCUT2D eigenvalue weighted by atomic mass is 32.2. The van der Waals surface area contributed by atoms with Crippen molar-refractivity contribution in [2.75, 3.05) is 20.2 Å². The second kappa shape index (κ2) is 9.15. The fraction of sp³-hybridized carbons (Fsp3) is 0.273. The first-order valence-electron chi connectivity index (χ1n) is 9.53. The summed E-state index contributed by atoms with van der Waals surface area (Å²) in [6.45, 7) is 4.35. The minimum Gasteiger partial charge on any atom is -0.492 e. The van der Waals surface area contributed by atoms with Gasteiger partial charge in [-0.2, -0.15) is 0 Å². The van der Waals surface area contributed by atoms with E-state index in [1.54, 1.807) is 24.3 Å². The molecule has 0 spiro atoms. The molecule has 0 unspecified atom stereocenters. The maximum atomic E-state index is 6.03. The zero-order valence-electron chi connectivity index (χ0n) is 16.6. The number of hydrogen-bond acceptors (Lipinski definition) is 6. The van der Waals surface area contributed by atoms with Gasteiger partial charge < -0.3 is 14.1 Å². The number of rotatable bonds is 9. The Morgan fingerprint density at radius 1 is 1.21 bits per heavy atom.